The molecule has 1 aromatic rings. The number of halogens is 2. The van der Waals surface area contributed by atoms with Crippen molar-refractivity contribution in [1.29, 1.82) is 0 Å². The highest BCUT2D eigenvalue weighted by Gasteiger charge is 2.11. The molecule has 15 heavy (non-hydrogen) atoms. The number of nitrogens with one attached hydrogen (secondary N) is 1. The smallest absolute Gasteiger partial charge is 0.250 e. The molecule has 0 bridgehead atoms. The molecule has 2 nitrogen and oxygen atoms in total. The summed E-state index contributed by atoms with van der Waals surface area (Å²) in [5.74, 6) is 0. The minimum Gasteiger partial charge on any atom is -0.329 e. The fourth-order valence-electron chi connectivity index (χ4n) is 1.37. The van der Waals surface area contributed by atoms with E-state index in [1.807, 2.05) is 31.2 Å². The molecule has 0 aliphatic heterocycles. The summed E-state index contributed by atoms with van der Waals surface area (Å²) in [6.45, 7) is 1.97. The zero-order valence-electron chi connectivity index (χ0n) is 8.71. The molecule has 1 atom stereocenters. The van der Waals surface area contributed by atoms with E-state index >= 15 is 0 Å². The molecular weight excluding hydrogens is 198 g/mol. The predicted octanol–water partition coefficient (Wildman–Crippen LogP) is 1.85. The summed E-state index contributed by atoms with van der Waals surface area (Å²) < 4.78 is 24.0. The third-order valence-corrected chi connectivity index (χ3v) is 2.23. The second-order valence-electron chi connectivity index (χ2n) is 3.50. The van der Waals surface area contributed by atoms with Crippen LogP contribution in [0.2, 0.25) is 0 Å². The lowest BCUT2D eigenvalue weighted by molar-refractivity contribution is 0.141. The first-order valence-corrected chi connectivity index (χ1v) is 4.91. The summed E-state index contributed by atoms with van der Waals surface area (Å²) in [6, 6.07) is 7.51. The lowest BCUT2D eigenvalue weighted by Crippen LogP contribution is -2.31. The van der Waals surface area contributed by atoms with Crippen LogP contribution in [0.3, 0.4) is 0 Å². The molecule has 0 radical (unpaired) electrons. The van der Waals surface area contributed by atoms with E-state index in [4.69, 9.17) is 5.73 Å². The van der Waals surface area contributed by atoms with Crippen LogP contribution in [0.25, 0.3) is 0 Å². The summed E-state index contributed by atoms with van der Waals surface area (Å²) in [5, 5.41) is 2.73. The number of benzene rings is 1. The van der Waals surface area contributed by atoms with Crippen molar-refractivity contribution in [2.45, 2.75) is 19.4 Å². The molecule has 1 rings (SSSR count). The number of aryl methyl sites for hydroxylation is 1. The van der Waals surface area contributed by atoms with Crippen LogP contribution >= 0.6 is 0 Å². The van der Waals surface area contributed by atoms with Gasteiger partial charge in [0.25, 0.3) is 6.43 Å². The molecule has 3 N–H and O–H groups in total. The highest BCUT2D eigenvalue weighted by Crippen LogP contribution is 2.12. The Bertz CT molecular complexity index is 285. The lowest BCUT2D eigenvalue weighted by atomic mass is 10.1. The fraction of sp³-hybridized carbons (Fsp3) is 0.455. The first-order valence-electron chi connectivity index (χ1n) is 4.91. The Morgan fingerprint density at radius 2 is 1.87 bits per heavy atom. The second kappa shape index (κ2) is 5.78. The lowest BCUT2D eigenvalue weighted by Gasteiger charge is -2.17. The van der Waals surface area contributed by atoms with Crippen molar-refractivity contribution in [3.05, 3.63) is 35.4 Å². The van der Waals surface area contributed by atoms with E-state index in [2.05, 4.69) is 5.32 Å². The average Bonchev–Trinajstić information content (AvgIpc) is 2.21. The molecule has 0 spiro atoms. The SMILES string of the molecule is Cc1ccc(C(CN)NCC(F)F)cc1. The van der Waals surface area contributed by atoms with Crippen LogP contribution in [0, 0.1) is 6.92 Å². The number of rotatable bonds is 5. The summed E-state index contributed by atoms with van der Waals surface area (Å²) in [4.78, 5) is 0. The van der Waals surface area contributed by atoms with E-state index in [9.17, 15) is 8.78 Å². The van der Waals surface area contributed by atoms with Gasteiger partial charge in [-0.05, 0) is 12.5 Å². The molecule has 0 heterocycles. The van der Waals surface area contributed by atoms with Crippen LogP contribution in [-0.4, -0.2) is 19.5 Å². The van der Waals surface area contributed by atoms with Crippen molar-refractivity contribution in [1.82, 2.24) is 5.32 Å². The van der Waals surface area contributed by atoms with Gasteiger partial charge in [-0.25, -0.2) is 8.78 Å². The first kappa shape index (κ1) is 12.1. The Balaban J connectivity index is 2.61. The fourth-order valence-corrected chi connectivity index (χ4v) is 1.37. The number of nitrogens with two attached hydrogens (primary N) is 1. The molecule has 0 aromatic heterocycles. The summed E-state index contributed by atoms with van der Waals surface area (Å²) in [5.41, 5.74) is 7.61. The Morgan fingerprint density at radius 1 is 1.27 bits per heavy atom. The highest BCUT2D eigenvalue weighted by atomic mass is 19.3. The van der Waals surface area contributed by atoms with Gasteiger partial charge in [-0.3, -0.25) is 0 Å². The largest absolute Gasteiger partial charge is 0.329 e. The van der Waals surface area contributed by atoms with Crippen molar-refractivity contribution in [2.24, 2.45) is 5.73 Å². The second-order valence-corrected chi connectivity index (χ2v) is 3.50. The summed E-state index contributed by atoms with van der Waals surface area (Å²) in [6.07, 6.45) is -2.34. The maximum atomic E-state index is 12.0. The van der Waals surface area contributed by atoms with Crippen LogP contribution in [0.1, 0.15) is 17.2 Å². The first-order chi connectivity index (χ1) is 7.13. The van der Waals surface area contributed by atoms with Gasteiger partial charge in [0.1, 0.15) is 0 Å². The van der Waals surface area contributed by atoms with Crippen LogP contribution in [0.15, 0.2) is 24.3 Å². The number of hydrogen-bond acceptors (Lipinski definition) is 2. The molecule has 0 saturated heterocycles. The predicted molar refractivity (Wildman–Crippen MR) is 57.0 cm³/mol. The van der Waals surface area contributed by atoms with E-state index in [0.717, 1.165) is 11.1 Å². The van der Waals surface area contributed by atoms with Gasteiger partial charge in [0, 0.05) is 12.6 Å². The monoisotopic (exact) mass is 214 g/mol. The van der Waals surface area contributed by atoms with E-state index in [1.165, 1.54) is 0 Å². The molecule has 1 unspecified atom stereocenters. The zero-order chi connectivity index (χ0) is 11.3. The van der Waals surface area contributed by atoms with Gasteiger partial charge in [-0.2, -0.15) is 0 Å². The molecule has 84 valence electrons. The molecule has 0 saturated carbocycles. The third-order valence-electron chi connectivity index (χ3n) is 2.23. The molecule has 0 amide bonds. The Morgan fingerprint density at radius 3 is 2.33 bits per heavy atom. The zero-order valence-corrected chi connectivity index (χ0v) is 8.71. The van der Waals surface area contributed by atoms with Crippen LogP contribution in [-0.2, 0) is 0 Å². The standard InChI is InChI=1S/C11H16F2N2/c1-8-2-4-9(5-3-8)10(6-14)15-7-11(12)13/h2-5,10-11,15H,6-7,14H2,1H3. The van der Waals surface area contributed by atoms with Gasteiger partial charge in [0.15, 0.2) is 0 Å². The maximum Gasteiger partial charge on any atom is 0.250 e. The number of hydrogen-bond donors (Lipinski definition) is 2. The van der Waals surface area contributed by atoms with Crippen molar-refractivity contribution in [3.8, 4) is 0 Å². The van der Waals surface area contributed by atoms with E-state index in [-0.39, 0.29) is 12.6 Å². The molecular formula is C11H16F2N2. The molecule has 0 aliphatic rings. The maximum absolute atomic E-state index is 12.0. The van der Waals surface area contributed by atoms with Gasteiger partial charge in [0.05, 0.1) is 6.54 Å². The average molecular weight is 214 g/mol. The Kier molecular flexibility index (Phi) is 4.65. The van der Waals surface area contributed by atoms with Crippen molar-refractivity contribution in [2.75, 3.05) is 13.1 Å². The van der Waals surface area contributed by atoms with Crippen LogP contribution < -0.4 is 11.1 Å². The van der Waals surface area contributed by atoms with Gasteiger partial charge in [0.2, 0.25) is 0 Å². The van der Waals surface area contributed by atoms with E-state index in [1.54, 1.807) is 0 Å². The van der Waals surface area contributed by atoms with Crippen molar-refractivity contribution < 1.29 is 8.78 Å². The van der Waals surface area contributed by atoms with Crippen molar-refractivity contribution in [3.63, 3.8) is 0 Å². The minimum atomic E-state index is -2.34. The van der Waals surface area contributed by atoms with Gasteiger partial charge in [-0.15, -0.1) is 0 Å². The Hall–Kier alpha value is -1.00. The van der Waals surface area contributed by atoms with Gasteiger partial charge >= 0.3 is 0 Å². The molecule has 4 heteroatoms. The topological polar surface area (TPSA) is 38.0 Å². The van der Waals surface area contributed by atoms with E-state index < -0.39 is 6.43 Å². The minimum absolute atomic E-state index is 0.195. The quantitative estimate of drug-likeness (QED) is 0.785. The molecule has 0 fully saturated rings. The number of alkyl halides is 2. The third kappa shape index (κ3) is 3.93. The Labute approximate surface area is 88.5 Å². The normalized spacial score (nSPS) is 13.1. The molecule has 0 aliphatic carbocycles. The highest BCUT2D eigenvalue weighted by molar-refractivity contribution is 5.24. The molecule has 1 aromatic carbocycles. The summed E-state index contributed by atoms with van der Waals surface area (Å²) >= 11 is 0. The van der Waals surface area contributed by atoms with Gasteiger partial charge in [-0.1, -0.05) is 29.8 Å². The summed E-state index contributed by atoms with van der Waals surface area (Å²) in [7, 11) is 0. The van der Waals surface area contributed by atoms with E-state index in [0.29, 0.717) is 6.54 Å². The van der Waals surface area contributed by atoms with Crippen molar-refractivity contribution >= 4 is 0 Å². The van der Waals surface area contributed by atoms with Crippen LogP contribution in [0.5, 0.6) is 0 Å². The van der Waals surface area contributed by atoms with Gasteiger partial charge < -0.3 is 11.1 Å². The van der Waals surface area contributed by atoms with Crippen LogP contribution in [0.4, 0.5) is 8.78 Å².